The number of nitrogens with zero attached hydrogens (tertiary/aromatic N) is 1. The monoisotopic (exact) mass is 155 g/mol. The van der Waals surface area contributed by atoms with E-state index in [0.29, 0.717) is 6.42 Å². The molecule has 11 heavy (non-hydrogen) atoms. The number of ether oxygens (including phenoxy) is 2. The number of hydrogen-bond acceptors (Lipinski definition) is 3. The van der Waals surface area contributed by atoms with Crippen molar-refractivity contribution in [2.75, 3.05) is 0 Å². The van der Waals surface area contributed by atoms with E-state index in [9.17, 15) is 0 Å². The predicted octanol–water partition coefficient (Wildman–Crippen LogP) is 1.44. The van der Waals surface area contributed by atoms with Crippen molar-refractivity contribution >= 4 is 0 Å². The Balaban J connectivity index is 2.60. The minimum absolute atomic E-state index is 0.114. The Kier molecular flexibility index (Phi) is 2.17. The normalized spacial score (nSPS) is 36.2. The minimum Gasteiger partial charge on any atom is -0.347 e. The molecular formula is C8H13NO2. The molecule has 1 aliphatic heterocycles. The lowest BCUT2D eigenvalue weighted by atomic mass is 10.1. The van der Waals surface area contributed by atoms with Crippen molar-refractivity contribution in [2.45, 2.75) is 45.2 Å². The average molecular weight is 155 g/mol. The van der Waals surface area contributed by atoms with Crippen molar-refractivity contribution in [1.82, 2.24) is 0 Å². The summed E-state index contributed by atoms with van der Waals surface area (Å²) in [7, 11) is 0. The van der Waals surface area contributed by atoms with Gasteiger partial charge in [-0.05, 0) is 20.8 Å². The molecule has 0 unspecified atom stereocenters. The largest absolute Gasteiger partial charge is 0.347 e. The summed E-state index contributed by atoms with van der Waals surface area (Å²) in [4.78, 5) is 0. The highest BCUT2D eigenvalue weighted by Crippen LogP contribution is 2.25. The van der Waals surface area contributed by atoms with E-state index in [-0.39, 0.29) is 12.2 Å². The lowest BCUT2D eigenvalue weighted by molar-refractivity contribution is -0.284. The molecule has 1 rings (SSSR count). The summed E-state index contributed by atoms with van der Waals surface area (Å²) in [5, 5.41) is 8.61. The third-order valence-electron chi connectivity index (χ3n) is 1.60. The minimum atomic E-state index is -0.599. The van der Waals surface area contributed by atoms with Crippen molar-refractivity contribution in [2.24, 2.45) is 0 Å². The van der Waals surface area contributed by atoms with Crippen LogP contribution in [0.15, 0.2) is 0 Å². The molecule has 3 heteroatoms. The van der Waals surface area contributed by atoms with Crippen LogP contribution in [0.4, 0.5) is 0 Å². The summed E-state index contributed by atoms with van der Waals surface area (Å²) in [6.07, 6.45) is 0.470. The van der Waals surface area contributed by atoms with Crippen LogP contribution in [0, 0.1) is 11.3 Å². The van der Waals surface area contributed by atoms with Gasteiger partial charge in [-0.3, -0.25) is 0 Å². The molecule has 62 valence electrons. The van der Waals surface area contributed by atoms with Gasteiger partial charge < -0.3 is 9.47 Å². The van der Waals surface area contributed by atoms with Crippen molar-refractivity contribution < 1.29 is 9.47 Å². The Hall–Kier alpha value is -0.590. The van der Waals surface area contributed by atoms with Gasteiger partial charge in [-0.25, -0.2) is 0 Å². The predicted molar refractivity (Wildman–Crippen MR) is 39.7 cm³/mol. The van der Waals surface area contributed by atoms with Crippen molar-refractivity contribution in [3.05, 3.63) is 0 Å². The first kappa shape index (κ1) is 8.51. The zero-order valence-corrected chi connectivity index (χ0v) is 7.13. The molecule has 0 aromatic rings. The van der Waals surface area contributed by atoms with Crippen LogP contribution in [0.2, 0.25) is 0 Å². The summed E-state index contributed by atoms with van der Waals surface area (Å²) in [6, 6.07) is 2.09. The van der Waals surface area contributed by atoms with Crippen LogP contribution in [0.3, 0.4) is 0 Å². The van der Waals surface area contributed by atoms with Crippen LogP contribution in [0.25, 0.3) is 0 Å². The van der Waals surface area contributed by atoms with Gasteiger partial charge in [0.25, 0.3) is 0 Å². The first-order chi connectivity index (χ1) is 5.03. The van der Waals surface area contributed by atoms with Gasteiger partial charge >= 0.3 is 0 Å². The SMILES string of the molecule is C[C@@H]1C[C@@H](C#N)OC(C)(C)O1. The highest BCUT2D eigenvalue weighted by atomic mass is 16.7. The van der Waals surface area contributed by atoms with Gasteiger partial charge in [-0.2, -0.15) is 5.26 Å². The fourth-order valence-corrected chi connectivity index (χ4v) is 1.33. The van der Waals surface area contributed by atoms with E-state index < -0.39 is 5.79 Å². The average Bonchev–Trinajstić information content (AvgIpc) is 1.83. The molecule has 0 spiro atoms. The molecule has 2 atom stereocenters. The summed E-state index contributed by atoms with van der Waals surface area (Å²) in [5.41, 5.74) is 0. The molecule has 3 nitrogen and oxygen atoms in total. The third kappa shape index (κ3) is 2.18. The Labute approximate surface area is 66.9 Å². The van der Waals surface area contributed by atoms with Crippen LogP contribution in [0.5, 0.6) is 0 Å². The summed E-state index contributed by atoms with van der Waals surface area (Å²) < 4.78 is 10.7. The van der Waals surface area contributed by atoms with E-state index in [1.807, 2.05) is 20.8 Å². The Morgan fingerprint density at radius 3 is 2.55 bits per heavy atom. The van der Waals surface area contributed by atoms with Gasteiger partial charge in [0.2, 0.25) is 0 Å². The molecule has 0 amide bonds. The van der Waals surface area contributed by atoms with Crippen LogP contribution in [-0.4, -0.2) is 18.0 Å². The molecule has 0 radical (unpaired) electrons. The Morgan fingerprint density at radius 1 is 1.45 bits per heavy atom. The van der Waals surface area contributed by atoms with Crippen LogP contribution < -0.4 is 0 Å². The van der Waals surface area contributed by atoms with E-state index in [0.717, 1.165) is 0 Å². The summed E-state index contributed by atoms with van der Waals surface area (Å²) in [5.74, 6) is -0.599. The number of rotatable bonds is 0. The van der Waals surface area contributed by atoms with E-state index >= 15 is 0 Å². The highest BCUT2D eigenvalue weighted by Gasteiger charge is 2.33. The molecule has 1 saturated heterocycles. The number of hydrogen-bond donors (Lipinski definition) is 0. The fourth-order valence-electron chi connectivity index (χ4n) is 1.33. The Bertz CT molecular complexity index is 183. The molecule has 1 aliphatic rings. The molecule has 0 bridgehead atoms. The Morgan fingerprint density at radius 2 is 2.09 bits per heavy atom. The third-order valence-corrected chi connectivity index (χ3v) is 1.60. The van der Waals surface area contributed by atoms with Gasteiger partial charge in [0.15, 0.2) is 5.79 Å². The second kappa shape index (κ2) is 2.80. The summed E-state index contributed by atoms with van der Waals surface area (Å²) in [6.45, 7) is 5.61. The van der Waals surface area contributed by atoms with Crippen molar-refractivity contribution in [1.29, 1.82) is 5.26 Å². The summed E-state index contributed by atoms with van der Waals surface area (Å²) >= 11 is 0. The quantitative estimate of drug-likeness (QED) is 0.531. The van der Waals surface area contributed by atoms with E-state index in [1.165, 1.54) is 0 Å². The van der Waals surface area contributed by atoms with Crippen LogP contribution in [0.1, 0.15) is 27.2 Å². The molecular weight excluding hydrogens is 142 g/mol. The molecule has 0 saturated carbocycles. The van der Waals surface area contributed by atoms with Crippen molar-refractivity contribution in [3.8, 4) is 6.07 Å². The van der Waals surface area contributed by atoms with Gasteiger partial charge in [-0.1, -0.05) is 0 Å². The molecule has 1 heterocycles. The molecule has 0 aromatic carbocycles. The van der Waals surface area contributed by atoms with E-state index in [4.69, 9.17) is 14.7 Å². The van der Waals surface area contributed by atoms with Gasteiger partial charge in [-0.15, -0.1) is 0 Å². The standard InChI is InChI=1S/C8H13NO2/c1-6-4-7(5-9)11-8(2,3)10-6/h6-7H,4H2,1-3H3/t6-,7+/m1/s1. The first-order valence-electron chi connectivity index (χ1n) is 3.79. The lowest BCUT2D eigenvalue weighted by Crippen LogP contribution is -2.42. The first-order valence-corrected chi connectivity index (χ1v) is 3.79. The van der Waals surface area contributed by atoms with Crippen LogP contribution >= 0.6 is 0 Å². The highest BCUT2D eigenvalue weighted by molar-refractivity contribution is 4.89. The number of nitriles is 1. The van der Waals surface area contributed by atoms with Gasteiger partial charge in [0.05, 0.1) is 12.2 Å². The second-order valence-electron chi connectivity index (χ2n) is 3.30. The van der Waals surface area contributed by atoms with E-state index in [2.05, 4.69) is 6.07 Å². The second-order valence-corrected chi connectivity index (χ2v) is 3.30. The molecule has 1 fully saturated rings. The maximum absolute atomic E-state index is 8.61. The zero-order valence-electron chi connectivity index (χ0n) is 7.13. The van der Waals surface area contributed by atoms with Crippen molar-refractivity contribution in [3.63, 3.8) is 0 Å². The lowest BCUT2D eigenvalue weighted by Gasteiger charge is -2.36. The zero-order chi connectivity index (χ0) is 8.48. The molecule has 0 aromatic heterocycles. The van der Waals surface area contributed by atoms with Gasteiger partial charge in [0, 0.05) is 6.42 Å². The topological polar surface area (TPSA) is 42.2 Å². The van der Waals surface area contributed by atoms with Gasteiger partial charge in [0.1, 0.15) is 6.10 Å². The molecule has 0 aliphatic carbocycles. The van der Waals surface area contributed by atoms with E-state index in [1.54, 1.807) is 0 Å². The maximum atomic E-state index is 8.61. The molecule has 0 N–H and O–H groups in total. The smallest absolute Gasteiger partial charge is 0.164 e. The van der Waals surface area contributed by atoms with Crippen LogP contribution in [-0.2, 0) is 9.47 Å². The maximum Gasteiger partial charge on any atom is 0.164 e. The fraction of sp³-hybridized carbons (Fsp3) is 0.875.